The Balaban J connectivity index is 2.30. The van der Waals surface area contributed by atoms with Gasteiger partial charge in [0.25, 0.3) is 0 Å². The maximum atomic E-state index is 9.96. The Bertz CT molecular complexity index is 183. The Kier molecular flexibility index (Phi) is 5.77. The lowest BCUT2D eigenvalue weighted by Crippen LogP contribution is -2.43. The molecule has 0 aromatic carbocycles. The van der Waals surface area contributed by atoms with E-state index in [1.807, 2.05) is 13.8 Å². The third-order valence-corrected chi connectivity index (χ3v) is 4.17. The third-order valence-electron chi connectivity index (χ3n) is 4.17. The van der Waals surface area contributed by atoms with Crippen molar-refractivity contribution in [3.05, 3.63) is 0 Å². The molecule has 96 valence electrons. The quantitative estimate of drug-likeness (QED) is 0.707. The minimum absolute atomic E-state index is 0.543. The van der Waals surface area contributed by atoms with E-state index in [-0.39, 0.29) is 0 Å². The molecule has 1 unspecified atom stereocenters. The highest BCUT2D eigenvalue weighted by Crippen LogP contribution is 2.25. The highest BCUT2D eigenvalue weighted by molar-refractivity contribution is 4.80. The van der Waals surface area contributed by atoms with Crippen LogP contribution in [0.2, 0.25) is 0 Å². The number of rotatable bonds is 5. The summed E-state index contributed by atoms with van der Waals surface area (Å²) in [7, 11) is 0. The number of aliphatic hydroxyl groups is 1. The summed E-state index contributed by atoms with van der Waals surface area (Å²) < 4.78 is 0. The van der Waals surface area contributed by atoms with E-state index in [1.54, 1.807) is 0 Å². The Hall–Kier alpha value is -0.0800. The van der Waals surface area contributed by atoms with Gasteiger partial charge in [-0.05, 0) is 39.0 Å². The van der Waals surface area contributed by atoms with Crippen LogP contribution in [0.15, 0.2) is 0 Å². The first-order valence-electron chi connectivity index (χ1n) is 7.01. The zero-order valence-corrected chi connectivity index (χ0v) is 11.3. The zero-order valence-electron chi connectivity index (χ0n) is 11.3. The van der Waals surface area contributed by atoms with Gasteiger partial charge in [-0.15, -0.1) is 0 Å². The molecule has 0 heterocycles. The number of hydrogen-bond donors (Lipinski definition) is 2. The summed E-state index contributed by atoms with van der Waals surface area (Å²) in [6.45, 7) is 6.96. The molecule has 1 aliphatic rings. The first-order valence-corrected chi connectivity index (χ1v) is 7.01. The van der Waals surface area contributed by atoms with Crippen molar-refractivity contribution in [2.45, 2.75) is 77.4 Å². The molecule has 2 atom stereocenters. The molecule has 0 bridgehead atoms. The molecule has 1 fully saturated rings. The molecule has 0 radical (unpaired) electrons. The fraction of sp³-hybridized carbons (Fsp3) is 1.00. The lowest BCUT2D eigenvalue weighted by molar-refractivity contribution is 0.0507. The second-order valence-corrected chi connectivity index (χ2v) is 5.77. The Morgan fingerprint density at radius 2 is 1.81 bits per heavy atom. The predicted octanol–water partition coefficient (Wildman–Crippen LogP) is 3.10. The topological polar surface area (TPSA) is 32.3 Å². The van der Waals surface area contributed by atoms with Crippen LogP contribution < -0.4 is 5.32 Å². The maximum Gasteiger partial charge on any atom is 0.0741 e. The van der Waals surface area contributed by atoms with Gasteiger partial charge in [0.15, 0.2) is 0 Å². The van der Waals surface area contributed by atoms with E-state index in [0.717, 1.165) is 18.9 Å². The van der Waals surface area contributed by atoms with Crippen LogP contribution in [0.1, 0.15) is 65.7 Å². The van der Waals surface area contributed by atoms with E-state index < -0.39 is 5.60 Å². The maximum absolute atomic E-state index is 9.96. The molecule has 0 spiro atoms. The molecule has 2 nitrogen and oxygen atoms in total. The van der Waals surface area contributed by atoms with Gasteiger partial charge in [0.1, 0.15) is 0 Å². The molecule has 1 rings (SSSR count). The largest absolute Gasteiger partial charge is 0.389 e. The number of hydrogen-bond acceptors (Lipinski definition) is 2. The fourth-order valence-electron chi connectivity index (χ4n) is 2.48. The summed E-state index contributed by atoms with van der Waals surface area (Å²) in [5, 5.41) is 13.5. The van der Waals surface area contributed by atoms with Gasteiger partial charge in [-0.3, -0.25) is 0 Å². The monoisotopic (exact) mass is 227 g/mol. The average molecular weight is 227 g/mol. The smallest absolute Gasteiger partial charge is 0.0741 e. The van der Waals surface area contributed by atoms with Crippen LogP contribution in [0, 0.1) is 5.92 Å². The first kappa shape index (κ1) is 14.0. The summed E-state index contributed by atoms with van der Waals surface area (Å²) in [5.41, 5.74) is -0.543. The fourth-order valence-corrected chi connectivity index (χ4v) is 2.48. The summed E-state index contributed by atoms with van der Waals surface area (Å²) in [5.74, 6) is 0.815. The molecule has 2 heteroatoms. The predicted molar refractivity (Wildman–Crippen MR) is 69.6 cm³/mol. The van der Waals surface area contributed by atoms with Gasteiger partial charge < -0.3 is 10.4 Å². The van der Waals surface area contributed by atoms with Gasteiger partial charge in [-0.1, -0.05) is 32.6 Å². The van der Waals surface area contributed by atoms with Crippen LogP contribution in [0.4, 0.5) is 0 Å². The highest BCUT2D eigenvalue weighted by Gasteiger charge is 2.22. The molecule has 1 saturated carbocycles. The first-order chi connectivity index (χ1) is 7.55. The molecule has 0 aliphatic heterocycles. The summed E-state index contributed by atoms with van der Waals surface area (Å²) in [6, 6.07) is 0.552. The molecule has 0 aromatic rings. The van der Waals surface area contributed by atoms with E-state index in [0.29, 0.717) is 6.04 Å². The Morgan fingerprint density at radius 3 is 2.31 bits per heavy atom. The Labute approximate surface area is 101 Å². The molecule has 2 N–H and O–H groups in total. The van der Waals surface area contributed by atoms with Gasteiger partial charge in [0, 0.05) is 12.6 Å². The zero-order chi connectivity index (χ0) is 12.0. The third kappa shape index (κ3) is 4.84. The van der Waals surface area contributed by atoms with Crippen molar-refractivity contribution in [2.24, 2.45) is 5.92 Å². The molecule has 16 heavy (non-hydrogen) atoms. The van der Waals surface area contributed by atoms with Crippen LogP contribution in [0.25, 0.3) is 0 Å². The molecular weight excluding hydrogens is 198 g/mol. The SMILES string of the molecule is CCC(C)(O)CN[C@H](C)C1CCCCCC1. The van der Waals surface area contributed by atoms with Crippen LogP contribution in [-0.4, -0.2) is 23.3 Å². The molecule has 0 amide bonds. The summed E-state index contributed by atoms with van der Waals surface area (Å²) in [6.07, 6.45) is 9.15. The normalized spacial score (nSPS) is 24.8. The minimum Gasteiger partial charge on any atom is -0.389 e. The van der Waals surface area contributed by atoms with Gasteiger partial charge in [-0.25, -0.2) is 0 Å². The summed E-state index contributed by atoms with van der Waals surface area (Å²) in [4.78, 5) is 0. The molecule has 0 saturated heterocycles. The van der Waals surface area contributed by atoms with Crippen molar-refractivity contribution in [1.82, 2.24) is 5.32 Å². The molecule has 1 aliphatic carbocycles. The van der Waals surface area contributed by atoms with Gasteiger partial charge in [0.2, 0.25) is 0 Å². The Morgan fingerprint density at radius 1 is 1.25 bits per heavy atom. The standard InChI is InChI=1S/C14H29NO/c1-4-14(3,16)11-15-12(2)13-9-7-5-6-8-10-13/h12-13,15-16H,4-11H2,1-3H3/t12-,14?/m1/s1. The van der Waals surface area contributed by atoms with Gasteiger partial charge in [-0.2, -0.15) is 0 Å². The van der Waals surface area contributed by atoms with Crippen molar-refractivity contribution in [3.8, 4) is 0 Å². The minimum atomic E-state index is -0.543. The van der Waals surface area contributed by atoms with Gasteiger partial charge >= 0.3 is 0 Å². The average Bonchev–Trinajstić information content (AvgIpc) is 2.54. The highest BCUT2D eigenvalue weighted by atomic mass is 16.3. The van der Waals surface area contributed by atoms with E-state index in [4.69, 9.17) is 0 Å². The second-order valence-electron chi connectivity index (χ2n) is 5.77. The van der Waals surface area contributed by atoms with Crippen LogP contribution in [0.5, 0.6) is 0 Å². The van der Waals surface area contributed by atoms with E-state index in [9.17, 15) is 5.11 Å². The van der Waals surface area contributed by atoms with Gasteiger partial charge in [0.05, 0.1) is 5.60 Å². The molecular formula is C14H29NO. The second kappa shape index (κ2) is 6.61. The van der Waals surface area contributed by atoms with Crippen molar-refractivity contribution in [1.29, 1.82) is 0 Å². The van der Waals surface area contributed by atoms with Crippen molar-refractivity contribution in [3.63, 3.8) is 0 Å². The van der Waals surface area contributed by atoms with Crippen molar-refractivity contribution < 1.29 is 5.11 Å². The van der Waals surface area contributed by atoms with E-state index in [2.05, 4.69) is 12.2 Å². The van der Waals surface area contributed by atoms with Crippen LogP contribution >= 0.6 is 0 Å². The van der Waals surface area contributed by atoms with Crippen molar-refractivity contribution >= 4 is 0 Å². The number of nitrogens with one attached hydrogen (secondary N) is 1. The van der Waals surface area contributed by atoms with E-state index in [1.165, 1.54) is 38.5 Å². The van der Waals surface area contributed by atoms with E-state index >= 15 is 0 Å². The summed E-state index contributed by atoms with van der Waals surface area (Å²) >= 11 is 0. The van der Waals surface area contributed by atoms with Crippen LogP contribution in [-0.2, 0) is 0 Å². The lowest BCUT2D eigenvalue weighted by Gasteiger charge is -2.28. The van der Waals surface area contributed by atoms with Crippen molar-refractivity contribution in [2.75, 3.05) is 6.54 Å². The lowest BCUT2D eigenvalue weighted by atomic mass is 9.92. The molecule has 0 aromatic heterocycles. The van der Waals surface area contributed by atoms with Crippen LogP contribution in [0.3, 0.4) is 0 Å².